The Hall–Kier alpha value is -8.08. The van der Waals surface area contributed by atoms with Gasteiger partial charge in [0, 0.05) is 66.7 Å². The van der Waals surface area contributed by atoms with Crippen LogP contribution in [0.2, 0.25) is 0 Å². The van der Waals surface area contributed by atoms with Crippen molar-refractivity contribution in [1.82, 2.24) is 9.13 Å². The molecule has 0 saturated carbocycles. The molecule has 2 aliphatic rings. The van der Waals surface area contributed by atoms with Crippen LogP contribution in [-0.4, -0.2) is 15.2 Å². The number of hydrogen-bond acceptors (Lipinski definition) is 2. The molecule has 4 heteroatoms. The number of aromatic nitrogens is 2. The third kappa shape index (κ3) is 5.13. The van der Waals surface area contributed by atoms with Gasteiger partial charge in [0.25, 0.3) is 0 Å². The summed E-state index contributed by atoms with van der Waals surface area (Å²) in [7, 11) is 0. The van der Waals surface area contributed by atoms with Gasteiger partial charge in [0.15, 0.2) is 0 Å². The average Bonchev–Trinajstić information content (AvgIpc) is 3.98. The molecule has 0 N–H and O–H groups in total. The highest BCUT2D eigenvalue weighted by Crippen LogP contribution is 2.49. The normalized spacial score (nSPS) is 15.6. The van der Waals surface area contributed by atoms with E-state index >= 15 is 0 Å². The summed E-state index contributed by atoms with van der Waals surface area (Å²) in [6.07, 6.45) is 9.06. The molecule has 2 unspecified atom stereocenters. The summed E-state index contributed by atoms with van der Waals surface area (Å²) in [5.41, 5.74) is 14.2. The highest BCUT2D eigenvalue weighted by Gasteiger charge is 2.37. The van der Waals surface area contributed by atoms with Crippen LogP contribution in [0.1, 0.15) is 11.5 Å². The maximum absolute atomic E-state index is 2.50. The van der Waals surface area contributed by atoms with Crippen LogP contribution in [0.3, 0.4) is 0 Å². The third-order valence-corrected chi connectivity index (χ3v) is 13.2. The second kappa shape index (κ2) is 13.7. The van der Waals surface area contributed by atoms with Crippen LogP contribution in [0.5, 0.6) is 0 Å². The lowest BCUT2D eigenvalue weighted by atomic mass is 9.91. The summed E-state index contributed by atoms with van der Waals surface area (Å²) in [6, 6.07) is 75.9. The molecule has 292 valence electrons. The van der Waals surface area contributed by atoms with Crippen molar-refractivity contribution in [3.05, 3.63) is 236 Å². The van der Waals surface area contributed by atoms with E-state index in [9.17, 15) is 0 Å². The summed E-state index contributed by atoms with van der Waals surface area (Å²) >= 11 is 0. The van der Waals surface area contributed by atoms with Gasteiger partial charge < -0.3 is 18.9 Å². The van der Waals surface area contributed by atoms with Crippen molar-refractivity contribution in [2.24, 2.45) is 0 Å². The smallest absolute Gasteiger partial charge is 0.0629 e. The van der Waals surface area contributed by atoms with Crippen LogP contribution in [0.4, 0.5) is 28.4 Å². The molecule has 11 aromatic rings. The molecule has 13 rings (SSSR count). The number of allylic oxidation sites excluding steroid dienone is 2. The van der Waals surface area contributed by atoms with E-state index in [0.29, 0.717) is 5.92 Å². The lowest BCUT2D eigenvalue weighted by Gasteiger charge is -2.31. The minimum atomic E-state index is 0.241. The summed E-state index contributed by atoms with van der Waals surface area (Å²) in [4.78, 5) is 4.94. The van der Waals surface area contributed by atoms with Gasteiger partial charge in [-0.25, -0.2) is 0 Å². The van der Waals surface area contributed by atoms with Gasteiger partial charge in [0.05, 0.1) is 39.5 Å². The quantitative estimate of drug-likeness (QED) is 0.167. The van der Waals surface area contributed by atoms with Crippen molar-refractivity contribution in [3.8, 4) is 11.4 Å². The molecule has 9 aromatic carbocycles. The van der Waals surface area contributed by atoms with Gasteiger partial charge in [-0.2, -0.15) is 0 Å². The number of rotatable bonds is 6. The van der Waals surface area contributed by atoms with E-state index in [4.69, 9.17) is 0 Å². The Kier molecular flexibility index (Phi) is 7.70. The zero-order valence-electron chi connectivity index (χ0n) is 33.9. The minimum absolute atomic E-state index is 0.241. The molecular weight excluding hydrogens is 753 g/mol. The van der Waals surface area contributed by atoms with E-state index in [1.807, 2.05) is 0 Å². The van der Waals surface area contributed by atoms with Crippen LogP contribution >= 0.6 is 0 Å². The first-order valence-electron chi connectivity index (χ1n) is 21.5. The molecule has 1 aliphatic carbocycles. The second-order valence-corrected chi connectivity index (χ2v) is 16.5. The largest absolute Gasteiger partial charge is 0.333 e. The predicted molar refractivity (Wildman–Crippen MR) is 261 cm³/mol. The molecule has 4 nitrogen and oxygen atoms in total. The molecule has 0 spiro atoms. The van der Waals surface area contributed by atoms with E-state index in [1.54, 1.807) is 0 Å². The zero-order valence-corrected chi connectivity index (χ0v) is 33.9. The third-order valence-electron chi connectivity index (χ3n) is 13.2. The highest BCUT2D eigenvalue weighted by atomic mass is 15.2. The fourth-order valence-electron chi connectivity index (χ4n) is 10.6. The number of fused-ring (bicyclic) bond motifs is 10. The lowest BCUT2D eigenvalue weighted by Crippen LogP contribution is -2.28. The predicted octanol–water partition coefficient (Wildman–Crippen LogP) is 15.2. The van der Waals surface area contributed by atoms with E-state index < -0.39 is 0 Å². The lowest BCUT2D eigenvalue weighted by molar-refractivity contribution is 0.745. The fraction of sp³-hybridized carbons (Fsp3) is 0.0345. The molecule has 0 fully saturated rings. The zero-order chi connectivity index (χ0) is 40.7. The molecule has 62 heavy (non-hydrogen) atoms. The van der Waals surface area contributed by atoms with Crippen LogP contribution in [0.25, 0.3) is 65.8 Å². The van der Waals surface area contributed by atoms with Gasteiger partial charge in [0.2, 0.25) is 0 Å². The van der Waals surface area contributed by atoms with Crippen LogP contribution in [0, 0.1) is 0 Å². The summed E-state index contributed by atoms with van der Waals surface area (Å²) < 4.78 is 4.83. The molecule has 2 atom stereocenters. The SMILES string of the molecule is C1=CC2c3ccccc3N(c3ccc(N(c4ccc(-n5c6ccccc6c6ccccc65)cc4)c4ccc(-n5c6ccccc6c6ccccc65)c5ccccc45)cc3)C2C=C1. The number of benzene rings is 9. The standard InChI is InChI=1S/C58H40N4/c1-2-16-50-49(15-1)57(37-38-58(50)62-55-27-13-7-21-47(55)48-22-8-14-28-56(48)62)59(39-29-33-41(34-30-39)60-51-23-9-3-17-43(51)44-18-4-10-24-52(44)60)40-31-35-42(36-32-40)61-53-25-11-5-19-45(53)46-20-6-12-26-54(46)61/h1-38,43,51H. The fourth-order valence-corrected chi connectivity index (χ4v) is 10.6. The van der Waals surface area contributed by atoms with Crippen molar-refractivity contribution in [2.75, 3.05) is 9.80 Å². The van der Waals surface area contributed by atoms with Crippen molar-refractivity contribution in [2.45, 2.75) is 12.0 Å². The molecule has 0 bridgehead atoms. The molecule has 1 aliphatic heterocycles. The Morgan fingerprint density at radius 2 is 0.806 bits per heavy atom. The van der Waals surface area contributed by atoms with Gasteiger partial charge in [0.1, 0.15) is 0 Å². The van der Waals surface area contributed by atoms with Crippen LogP contribution in [-0.2, 0) is 0 Å². The van der Waals surface area contributed by atoms with Crippen LogP contribution < -0.4 is 9.80 Å². The van der Waals surface area contributed by atoms with Crippen molar-refractivity contribution < 1.29 is 0 Å². The summed E-state index contributed by atoms with van der Waals surface area (Å²) in [6.45, 7) is 0. The molecule has 0 saturated heterocycles. The monoisotopic (exact) mass is 792 g/mol. The van der Waals surface area contributed by atoms with E-state index in [0.717, 1.165) is 28.4 Å². The van der Waals surface area contributed by atoms with E-state index in [2.05, 4.69) is 249 Å². The molecule has 2 aromatic heterocycles. The highest BCUT2D eigenvalue weighted by molar-refractivity contribution is 6.12. The van der Waals surface area contributed by atoms with Crippen molar-refractivity contribution in [1.29, 1.82) is 0 Å². The molecule has 0 radical (unpaired) electrons. The number of hydrogen-bond donors (Lipinski definition) is 0. The first kappa shape index (κ1) is 34.8. The van der Waals surface area contributed by atoms with Crippen molar-refractivity contribution in [3.63, 3.8) is 0 Å². The molecule has 3 heterocycles. The second-order valence-electron chi connectivity index (χ2n) is 16.5. The van der Waals surface area contributed by atoms with Crippen molar-refractivity contribution >= 4 is 82.8 Å². The Balaban J connectivity index is 0.988. The maximum atomic E-state index is 2.50. The van der Waals surface area contributed by atoms with Crippen LogP contribution in [0.15, 0.2) is 231 Å². The van der Waals surface area contributed by atoms with Gasteiger partial charge >= 0.3 is 0 Å². The van der Waals surface area contributed by atoms with Gasteiger partial charge in [-0.3, -0.25) is 0 Å². The number of para-hydroxylation sites is 5. The maximum Gasteiger partial charge on any atom is 0.0629 e. The Bertz CT molecular complexity index is 3500. The topological polar surface area (TPSA) is 16.3 Å². The minimum Gasteiger partial charge on any atom is -0.333 e. The summed E-state index contributed by atoms with van der Waals surface area (Å²) in [5, 5.41) is 7.40. The molecule has 0 amide bonds. The Morgan fingerprint density at radius 3 is 1.40 bits per heavy atom. The van der Waals surface area contributed by atoms with Gasteiger partial charge in [-0.05, 0) is 96.6 Å². The Labute approximate surface area is 359 Å². The first-order chi connectivity index (χ1) is 30.8. The molecular formula is C58H40N4. The Morgan fingerprint density at radius 1 is 0.339 bits per heavy atom. The first-order valence-corrected chi connectivity index (χ1v) is 21.5. The van der Waals surface area contributed by atoms with E-state index in [1.165, 1.54) is 71.3 Å². The van der Waals surface area contributed by atoms with Gasteiger partial charge in [-0.1, -0.05) is 140 Å². The van der Waals surface area contributed by atoms with Gasteiger partial charge in [-0.15, -0.1) is 0 Å². The van der Waals surface area contributed by atoms with E-state index in [-0.39, 0.29) is 6.04 Å². The number of anilines is 5. The average molecular weight is 793 g/mol. The summed E-state index contributed by atoms with van der Waals surface area (Å²) in [5.74, 6) is 0.333. The number of nitrogens with zero attached hydrogens (tertiary/aromatic N) is 4.